The minimum atomic E-state index is -0.207. The molecule has 0 saturated heterocycles. The number of rotatable bonds is 4. The van der Waals surface area contributed by atoms with Crippen LogP contribution in [0.2, 0.25) is 0 Å². The van der Waals surface area contributed by atoms with Gasteiger partial charge in [0.25, 0.3) is 11.5 Å². The number of aromatic nitrogens is 2. The van der Waals surface area contributed by atoms with Gasteiger partial charge in [0.1, 0.15) is 5.69 Å². The quantitative estimate of drug-likeness (QED) is 0.940. The van der Waals surface area contributed by atoms with E-state index in [1.807, 2.05) is 30.3 Å². The molecular formula is C19H23N3O2. The second kappa shape index (κ2) is 7.43. The predicted molar refractivity (Wildman–Crippen MR) is 92.9 cm³/mol. The molecule has 24 heavy (non-hydrogen) atoms. The van der Waals surface area contributed by atoms with E-state index in [1.165, 1.54) is 23.2 Å². The maximum atomic E-state index is 12.5. The Morgan fingerprint density at radius 2 is 1.92 bits per heavy atom. The summed E-state index contributed by atoms with van der Waals surface area (Å²) in [4.78, 5) is 24.5. The van der Waals surface area contributed by atoms with Crippen molar-refractivity contribution in [3.8, 4) is 0 Å². The summed E-state index contributed by atoms with van der Waals surface area (Å²) >= 11 is 0. The van der Waals surface area contributed by atoms with E-state index >= 15 is 0 Å². The summed E-state index contributed by atoms with van der Waals surface area (Å²) in [7, 11) is 0. The van der Waals surface area contributed by atoms with Crippen LogP contribution in [0, 0.1) is 5.92 Å². The summed E-state index contributed by atoms with van der Waals surface area (Å²) in [6.07, 6.45) is 4.53. The SMILES string of the molecule is C[C@@H]1CCCC[C@H]1NC(=O)c1ccc(=O)n(Cc2ccccc2)n1. The zero-order valence-corrected chi connectivity index (χ0v) is 13.9. The van der Waals surface area contributed by atoms with E-state index in [1.54, 1.807) is 0 Å². The first-order valence-corrected chi connectivity index (χ1v) is 8.56. The molecule has 1 amide bonds. The number of hydrogen-bond acceptors (Lipinski definition) is 3. The number of benzene rings is 1. The van der Waals surface area contributed by atoms with Gasteiger partial charge in [-0.2, -0.15) is 5.10 Å². The molecule has 3 rings (SSSR count). The van der Waals surface area contributed by atoms with Crippen LogP contribution in [-0.4, -0.2) is 21.7 Å². The van der Waals surface area contributed by atoms with Crippen molar-refractivity contribution >= 4 is 5.91 Å². The van der Waals surface area contributed by atoms with Crippen LogP contribution in [0.5, 0.6) is 0 Å². The fourth-order valence-corrected chi connectivity index (χ4v) is 3.21. The lowest BCUT2D eigenvalue weighted by Crippen LogP contribution is -2.42. The number of amides is 1. The molecule has 1 fully saturated rings. The van der Waals surface area contributed by atoms with Crippen molar-refractivity contribution in [1.82, 2.24) is 15.1 Å². The summed E-state index contributed by atoms with van der Waals surface area (Å²) in [6, 6.07) is 12.7. The lowest BCUT2D eigenvalue weighted by molar-refractivity contribution is 0.0902. The highest BCUT2D eigenvalue weighted by atomic mass is 16.2. The third-order valence-electron chi connectivity index (χ3n) is 4.70. The molecule has 5 nitrogen and oxygen atoms in total. The van der Waals surface area contributed by atoms with Crippen LogP contribution in [0.25, 0.3) is 0 Å². The van der Waals surface area contributed by atoms with Gasteiger partial charge in [-0.25, -0.2) is 4.68 Å². The van der Waals surface area contributed by atoms with E-state index in [4.69, 9.17) is 0 Å². The van der Waals surface area contributed by atoms with Crippen molar-refractivity contribution in [1.29, 1.82) is 0 Å². The Kier molecular flexibility index (Phi) is 5.08. The normalized spacial score (nSPS) is 20.5. The maximum absolute atomic E-state index is 12.5. The molecule has 126 valence electrons. The Bertz CT molecular complexity index is 755. The van der Waals surface area contributed by atoms with Crippen molar-refractivity contribution in [2.75, 3.05) is 0 Å². The molecule has 0 aliphatic heterocycles. The van der Waals surface area contributed by atoms with Crippen LogP contribution < -0.4 is 10.9 Å². The molecule has 1 heterocycles. The van der Waals surface area contributed by atoms with E-state index in [0.717, 1.165) is 24.8 Å². The van der Waals surface area contributed by atoms with Gasteiger partial charge >= 0.3 is 0 Å². The van der Waals surface area contributed by atoms with Gasteiger partial charge < -0.3 is 5.32 Å². The zero-order chi connectivity index (χ0) is 16.9. The maximum Gasteiger partial charge on any atom is 0.271 e. The summed E-state index contributed by atoms with van der Waals surface area (Å²) in [5.74, 6) is 0.286. The Balaban J connectivity index is 1.75. The number of nitrogens with one attached hydrogen (secondary N) is 1. The van der Waals surface area contributed by atoms with E-state index in [9.17, 15) is 9.59 Å². The van der Waals surface area contributed by atoms with E-state index in [2.05, 4.69) is 17.3 Å². The summed E-state index contributed by atoms with van der Waals surface area (Å²) in [5.41, 5.74) is 1.07. The third kappa shape index (κ3) is 3.91. The fraction of sp³-hybridized carbons (Fsp3) is 0.421. The second-order valence-corrected chi connectivity index (χ2v) is 6.54. The van der Waals surface area contributed by atoms with Crippen molar-refractivity contribution in [3.05, 3.63) is 64.1 Å². The Labute approximate surface area is 141 Å². The van der Waals surface area contributed by atoms with Crippen LogP contribution in [0.4, 0.5) is 0 Å². The monoisotopic (exact) mass is 325 g/mol. The van der Waals surface area contributed by atoms with E-state index in [-0.39, 0.29) is 17.5 Å². The minimum absolute atomic E-state index is 0.197. The van der Waals surface area contributed by atoms with Gasteiger partial charge in [-0.15, -0.1) is 0 Å². The molecule has 1 aliphatic carbocycles. The van der Waals surface area contributed by atoms with Gasteiger partial charge in [0.2, 0.25) is 0 Å². The molecule has 2 atom stereocenters. The van der Waals surface area contributed by atoms with Gasteiger partial charge in [-0.3, -0.25) is 9.59 Å². The summed E-state index contributed by atoms with van der Waals surface area (Å²) in [5, 5.41) is 7.33. The average Bonchev–Trinajstić information content (AvgIpc) is 2.60. The van der Waals surface area contributed by atoms with Crippen LogP contribution in [0.1, 0.15) is 48.7 Å². The predicted octanol–water partition coefficient (Wildman–Crippen LogP) is 2.60. The van der Waals surface area contributed by atoms with Crippen molar-refractivity contribution in [3.63, 3.8) is 0 Å². The molecule has 1 aromatic carbocycles. The largest absolute Gasteiger partial charge is 0.348 e. The third-order valence-corrected chi connectivity index (χ3v) is 4.70. The zero-order valence-electron chi connectivity index (χ0n) is 13.9. The first-order chi connectivity index (χ1) is 11.6. The van der Waals surface area contributed by atoms with Gasteiger partial charge in [0.15, 0.2) is 0 Å². The summed E-state index contributed by atoms with van der Waals surface area (Å²) in [6.45, 7) is 2.54. The van der Waals surface area contributed by atoms with Gasteiger partial charge in [-0.05, 0) is 30.4 Å². The first-order valence-electron chi connectivity index (χ1n) is 8.56. The number of carbonyl (C=O) groups excluding carboxylic acids is 1. The fourth-order valence-electron chi connectivity index (χ4n) is 3.21. The van der Waals surface area contributed by atoms with Gasteiger partial charge in [-0.1, -0.05) is 50.1 Å². The molecule has 1 saturated carbocycles. The highest BCUT2D eigenvalue weighted by Gasteiger charge is 2.23. The molecule has 2 aromatic rings. The Morgan fingerprint density at radius 3 is 2.67 bits per heavy atom. The molecule has 5 heteroatoms. The second-order valence-electron chi connectivity index (χ2n) is 6.54. The molecule has 0 spiro atoms. The van der Waals surface area contributed by atoms with Gasteiger partial charge in [0, 0.05) is 12.1 Å². The van der Waals surface area contributed by atoms with Gasteiger partial charge in [0.05, 0.1) is 6.54 Å². The molecule has 0 unspecified atom stereocenters. The number of carbonyl (C=O) groups is 1. The number of nitrogens with zero attached hydrogens (tertiary/aromatic N) is 2. The Hall–Kier alpha value is -2.43. The standard InChI is InChI=1S/C19H23N3O2/c1-14-7-5-6-10-16(14)20-19(24)17-11-12-18(23)22(21-17)13-15-8-3-2-4-9-15/h2-4,8-9,11-12,14,16H,5-7,10,13H2,1H3,(H,20,24)/t14-,16-/m1/s1. The van der Waals surface area contributed by atoms with Crippen molar-refractivity contribution in [2.45, 2.75) is 45.2 Å². The molecule has 0 radical (unpaired) electrons. The highest BCUT2D eigenvalue weighted by Crippen LogP contribution is 2.23. The lowest BCUT2D eigenvalue weighted by atomic mass is 9.86. The summed E-state index contributed by atoms with van der Waals surface area (Å²) < 4.78 is 1.34. The molecular weight excluding hydrogens is 302 g/mol. The lowest BCUT2D eigenvalue weighted by Gasteiger charge is -2.29. The van der Waals surface area contributed by atoms with Crippen LogP contribution in [0.3, 0.4) is 0 Å². The van der Waals surface area contributed by atoms with Crippen LogP contribution in [-0.2, 0) is 6.54 Å². The molecule has 1 aliphatic rings. The van der Waals surface area contributed by atoms with Crippen LogP contribution in [0.15, 0.2) is 47.3 Å². The van der Waals surface area contributed by atoms with E-state index < -0.39 is 0 Å². The first kappa shape index (κ1) is 16.4. The van der Waals surface area contributed by atoms with Crippen molar-refractivity contribution < 1.29 is 4.79 Å². The average molecular weight is 325 g/mol. The van der Waals surface area contributed by atoms with Crippen LogP contribution >= 0.6 is 0 Å². The number of hydrogen-bond donors (Lipinski definition) is 1. The van der Waals surface area contributed by atoms with E-state index in [0.29, 0.717) is 18.2 Å². The minimum Gasteiger partial charge on any atom is -0.348 e. The van der Waals surface area contributed by atoms with Crippen molar-refractivity contribution in [2.24, 2.45) is 5.92 Å². The highest BCUT2D eigenvalue weighted by molar-refractivity contribution is 5.92. The Morgan fingerprint density at radius 1 is 1.17 bits per heavy atom. The molecule has 1 aromatic heterocycles. The molecule has 1 N–H and O–H groups in total. The topological polar surface area (TPSA) is 64.0 Å². The smallest absolute Gasteiger partial charge is 0.271 e. The molecule has 0 bridgehead atoms.